The van der Waals surface area contributed by atoms with Gasteiger partial charge >= 0.3 is 18.2 Å². The summed E-state index contributed by atoms with van der Waals surface area (Å²) in [6, 6.07) is 11.8. The Bertz CT molecular complexity index is 2890. The van der Waals surface area contributed by atoms with Gasteiger partial charge in [-0.3, -0.25) is 38.4 Å². The predicted octanol–water partition coefficient (Wildman–Crippen LogP) is 3.63. The van der Waals surface area contributed by atoms with Gasteiger partial charge in [0, 0.05) is 25.4 Å². The molecule has 0 bridgehead atoms. The van der Waals surface area contributed by atoms with E-state index in [1.54, 1.807) is 58.9 Å². The fourth-order valence-corrected chi connectivity index (χ4v) is 9.82. The summed E-state index contributed by atoms with van der Waals surface area (Å²) in [5.41, 5.74) is 8.67. The summed E-state index contributed by atoms with van der Waals surface area (Å²) in [5, 5.41) is 33.3. The fourth-order valence-electron chi connectivity index (χ4n) is 9.82. The van der Waals surface area contributed by atoms with Gasteiger partial charge in [0.2, 0.25) is 47.3 Å². The van der Waals surface area contributed by atoms with E-state index in [9.17, 15) is 57.8 Å². The molecule has 474 valence electrons. The third-order valence-corrected chi connectivity index (χ3v) is 14.0. The molecule has 2 aliphatic rings. The first-order valence-electron chi connectivity index (χ1n) is 29.4. The quantitative estimate of drug-likeness (QED) is 0.0720. The number of carboxylic acid groups (broad SMARTS) is 1. The van der Waals surface area contributed by atoms with Gasteiger partial charge in [-0.05, 0) is 139 Å². The molecule has 1 saturated heterocycles. The normalized spacial score (nSPS) is 19.8. The van der Waals surface area contributed by atoms with Crippen LogP contribution in [0.25, 0.3) is 11.1 Å². The maximum Gasteiger partial charge on any atom is 0.407 e. The molecule has 87 heavy (non-hydrogen) atoms. The van der Waals surface area contributed by atoms with Crippen molar-refractivity contribution in [2.24, 2.45) is 11.7 Å². The molecule has 12 N–H and O–H groups in total. The summed E-state index contributed by atoms with van der Waals surface area (Å²) >= 11 is 0. The number of carbonyl (C=O) groups excluding carboxylic acids is 10. The minimum atomic E-state index is -1.82. The Labute approximate surface area is 507 Å². The highest BCUT2D eigenvalue weighted by Crippen LogP contribution is 2.44. The molecule has 5 rings (SSSR count). The first kappa shape index (κ1) is 69.0. The second-order valence-electron chi connectivity index (χ2n) is 24.2. The van der Waals surface area contributed by atoms with Crippen LogP contribution >= 0.6 is 0 Å². The highest BCUT2D eigenvalue weighted by Gasteiger charge is 2.36. The number of fused-ring (bicyclic) bond motifs is 3. The van der Waals surface area contributed by atoms with Gasteiger partial charge in [0.05, 0.1) is 12.8 Å². The van der Waals surface area contributed by atoms with Crippen molar-refractivity contribution >= 4 is 65.4 Å². The van der Waals surface area contributed by atoms with Crippen LogP contribution < -0.4 is 58.3 Å². The first-order chi connectivity index (χ1) is 41.0. The van der Waals surface area contributed by atoms with Gasteiger partial charge in [-0.1, -0.05) is 74.5 Å². The van der Waals surface area contributed by atoms with Gasteiger partial charge in [-0.15, -0.1) is 0 Å². The number of primary amides is 1. The van der Waals surface area contributed by atoms with Crippen LogP contribution in [-0.4, -0.2) is 144 Å². The number of benzene rings is 3. The number of hydrogen-bond acceptors (Lipinski definition) is 14. The van der Waals surface area contributed by atoms with Crippen molar-refractivity contribution in [3.05, 3.63) is 89.5 Å². The maximum absolute atomic E-state index is 14.9. The smallest absolute Gasteiger partial charge is 0.407 e. The number of alkyl carbamates (subject to hydrolysis) is 2. The SMILES string of the molecule is CC(C)C[C@@H]1NC(=O)[C@H](Cc2ccc(OC(C)(C)C)cc2)NC(=O)[C@@H](NC(=O)[C@H](CCCCNC(=O)OC(C)(C)C)NC(=O)[C@H](C)NC(=O)OCC2c3ccccc3-c3ccccc32)CCCCNC(=O)C[C@@H](C(=O)O)NC(=O)[C@H](CC(N)=O)NC1=O. The topological polar surface area (TPSA) is 370 Å². The lowest BCUT2D eigenvalue weighted by Crippen LogP contribution is -2.60. The zero-order valence-corrected chi connectivity index (χ0v) is 51.1. The van der Waals surface area contributed by atoms with E-state index in [0.717, 1.165) is 22.3 Å². The number of carbonyl (C=O) groups is 11. The zero-order valence-electron chi connectivity index (χ0n) is 51.1. The Morgan fingerprint density at radius 3 is 1.89 bits per heavy atom. The van der Waals surface area contributed by atoms with Crippen molar-refractivity contribution < 1.29 is 72.1 Å². The van der Waals surface area contributed by atoms with Gasteiger partial charge in [0.25, 0.3) is 0 Å². The van der Waals surface area contributed by atoms with Crippen molar-refractivity contribution in [2.75, 3.05) is 19.7 Å². The molecule has 1 heterocycles. The monoisotopic (exact) mass is 1210 g/mol. The number of carboxylic acids is 1. The summed E-state index contributed by atoms with van der Waals surface area (Å²) in [7, 11) is 0. The van der Waals surface area contributed by atoms with Gasteiger partial charge in [0.1, 0.15) is 65.9 Å². The third kappa shape index (κ3) is 22.9. The van der Waals surface area contributed by atoms with Crippen molar-refractivity contribution in [3.8, 4) is 16.9 Å². The Kier molecular flexibility index (Phi) is 25.5. The molecule has 1 fully saturated rings. The van der Waals surface area contributed by atoms with E-state index < -0.39 is 132 Å². The van der Waals surface area contributed by atoms with Crippen LogP contribution in [0.3, 0.4) is 0 Å². The van der Waals surface area contributed by atoms with Crippen LogP contribution in [0.1, 0.15) is 143 Å². The average Bonchev–Trinajstić information content (AvgIpc) is 1.75. The van der Waals surface area contributed by atoms with Gasteiger partial charge in [-0.2, -0.15) is 0 Å². The largest absolute Gasteiger partial charge is 0.488 e. The summed E-state index contributed by atoms with van der Waals surface area (Å²) < 4.78 is 17.0. The molecule has 0 radical (unpaired) electrons. The lowest BCUT2D eigenvalue weighted by atomic mass is 9.98. The maximum atomic E-state index is 14.9. The van der Waals surface area contributed by atoms with Crippen LogP contribution in [0.4, 0.5) is 9.59 Å². The molecule has 1 aliphatic heterocycles. The third-order valence-electron chi connectivity index (χ3n) is 14.0. The molecule has 3 aromatic carbocycles. The number of amides is 10. The number of unbranched alkanes of at least 4 members (excludes halogenated alkanes) is 1. The fraction of sp³-hybridized carbons (Fsp3) is 0.532. The van der Waals surface area contributed by atoms with Crippen LogP contribution in [0.5, 0.6) is 5.75 Å². The average molecular weight is 1210 g/mol. The van der Waals surface area contributed by atoms with E-state index in [-0.39, 0.29) is 76.5 Å². The van der Waals surface area contributed by atoms with E-state index in [0.29, 0.717) is 17.7 Å². The van der Waals surface area contributed by atoms with E-state index in [4.69, 9.17) is 19.9 Å². The molecule has 7 atom stereocenters. The number of nitrogens with two attached hydrogens (primary N) is 1. The number of aliphatic carboxylic acids is 1. The number of hydrogen-bond donors (Lipinski definition) is 11. The molecular weight excluding hydrogens is 1120 g/mol. The van der Waals surface area contributed by atoms with E-state index in [1.165, 1.54) is 6.92 Å². The minimum absolute atomic E-state index is 0.0366. The molecule has 0 unspecified atom stereocenters. The Balaban J connectivity index is 1.44. The Morgan fingerprint density at radius 1 is 0.690 bits per heavy atom. The number of rotatable bonds is 20. The van der Waals surface area contributed by atoms with Crippen molar-refractivity contribution in [2.45, 2.75) is 186 Å². The van der Waals surface area contributed by atoms with E-state index in [1.807, 2.05) is 69.3 Å². The van der Waals surface area contributed by atoms with Crippen molar-refractivity contribution in [1.82, 2.24) is 47.9 Å². The molecule has 0 aromatic heterocycles. The second-order valence-corrected chi connectivity index (χ2v) is 24.2. The Morgan fingerprint density at radius 2 is 1.29 bits per heavy atom. The highest BCUT2D eigenvalue weighted by molar-refractivity contribution is 5.99. The van der Waals surface area contributed by atoms with Crippen molar-refractivity contribution in [1.29, 1.82) is 0 Å². The van der Waals surface area contributed by atoms with Gasteiger partial charge < -0.3 is 72.9 Å². The standard InChI is InChI=1S/C62H86N10O15/c1-35(2)30-46-55(78)71-48(32-50(63)73)57(80)72-49(58(81)82)33-51(74)64-28-16-14-23-45(54(77)70-47(56(79)69-46)31-37-24-26-38(27-25-37)86-61(4,5)6)68-53(76)44(22-15-17-29-65-59(83)87-62(7,8)9)67-52(75)36(3)66-60(84)85-34-43-41-20-12-10-18-39(41)40-19-11-13-21-42(40)43/h10-13,18-21,24-27,35-36,43-49H,14-17,22-23,28-34H2,1-9H3,(H2,63,73)(H,64,74)(H,65,83)(H,66,84)(H,67,75)(H,68,76)(H,69,79)(H,70,77)(H,71,78)(H,72,80)(H,81,82)/t36-,44-,45-,46-,47-,48-,49-/m0/s1. The zero-order chi connectivity index (χ0) is 64.2. The number of nitrogens with one attached hydrogen (secondary N) is 9. The first-order valence-corrected chi connectivity index (χ1v) is 29.4. The summed E-state index contributed by atoms with van der Waals surface area (Å²) in [4.78, 5) is 149. The van der Waals surface area contributed by atoms with E-state index >= 15 is 0 Å². The van der Waals surface area contributed by atoms with Crippen LogP contribution in [0.15, 0.2) is 72.8 Å². The summed E-state index contributed by atoms with van der Waals surface area (Å²) in [6.07, 6.45) is -2.64. The highest BCUT2D eigenvalue weighted by atomic mass is 16.6. The number of ether oxygens (including phenoxy) is 3. The molecular formula is C62H86N10O15. The van der Waals surface area contributed by atoms with E-state index in [2.05, 4.69) is 47.9 Å². The lowest BCUT2D eigenvalue weighted by molar-refractivity contribution is -0.144. The Hall–Kier alpha value is -8.77. The molecule has 25 nitrogen and oxygen atoms in total. The van der Waals surface area contributed by atoms with Crippen molar-refractivity contribution in [3.63, 3.8) is 0 Å². The minimum Gasteiger partial charge on any atom is -0.488 e. The van der Waals surface area contributed by atoms with Crippen LogP contribution in [0, 0.1) is 5.92 Å². The molecule has 1 aliphatic carbocycles. The van der Waals surface area contributed by atoms with Gasteiger partial charge in [0.15, 0.2) is 0 Å². The lowest BCUT2D eigenvalue weighted by Gasteiger charge is -2.28. The second kappa shape index (κ2) is 32.1. The van der Waals surface area contributed by atoms with Gasteiger partial charge in [-0.25, -0.2) is 14.4 Å². The molecule has 0 saturated carbocycles. The summed E-state index contributed by atoms with van der Waals surface area (Å²) in [6.45, 7) is 15.7. The summed E-state index contributed by atoms with van der Waals surface area (Å²) in [5.74, 6) is -8.93. The molecule has 0 spiro atoms. The molecule has 3 aromatic rings. The molecule has 25 heteroatoms. The van der Waals surface area contributed by atoms with Crippen LogP contribution in [-0.2, 0) is 59.0 Å². The predicted molar refractivity (Wildman–Crippen MR) is 320 cm³/mol. The molecule has 10 amide bonds. The van der Waals surface area contributed by atoms with Crippen LogP contribution in [0.2, 0.25) is 0 Å².